The van der Waals surface area contributed by atoms with Crippen molar-refractivity contribution in [2.75, 3.05) is 31.6 Å². The summed E-state index contributed by atoms with van der Waals surface area (Å²) in [7, 11) is 1.61. The highest BCUT2D eigenvalue weighted by molar-refractivity contribution is 5.92. The van der Waals surface area contributed by atoms with E-state index < -0.39 is 0 Å². The van der Waals surface area contributed by atoms with E-state index >= 15 is 0 Å². The van der Waals surface area contributed by atoms with Crippen molar-refractivity contribution in [2.24, 2.45) is 5.92 Å². The van der Waals surface area contributed by atoms with Crippen LogP contribution in [0.2, 0.25) is 0 Å². The minimum Gasteiger partial charge on any atom is -0.496 e. The van der Waals surface area contributed by atoms with Crippen LogP contribution in [0.15, 0.2) is 54.6 Å². The number of nitrogens with zero attached hydrogens (tertiary/aromatic N) is 1. The molecule has 26 heavy (non-hydrogen) atoms. The molecule has 0 aliphatic carbocycles. The van der Waals surface area contributed by atoms with Crippen molar-refractivity contribution >= 4 is 17.7 Å². The molecule has 0 aromatic heterocycles. The van der Waals surface area contributed by atoms with Crippen molar-refractivity contribution in [2.45, 2.75) is 6.42 Å². The first-order valence-electron chi connectivity index (χ1n) is 8.75. The van der Waals surface area contributed by atoms with E-state index in [1.54, 1.807) is 25.3 Å². The van der Waals surface area contributed by atoms with E-state index in [-0.39, 0.29) is 11.7 Å². The smallest absolute Gasteiger partial charge is 0.244 e. The van der Waals surface area contributed by atoms with Gasteiger partial charge in [-0.3, -0.25) is 4.79 Å². The molecule has 3 rings (SSSR count). The lowest BCUT2D eigenvalue weighted by atomic mass is 10.1. The van der Waals surface area contributed by atoms with Crippen molar-refractivity contribution in [3.8, 4) is 5.75 Å². The Morgan fingerprint density at radius 2 is 2.04 bits per heavy atom. The molecule has 1 saturated heterocycles. The van der Waals surface area contributed by atoms with Crippen LogP contribution in [0.1, 0.15) is 12.0 Å². The molecule has 4 nitrogen and oxygen atoms in total. The Kier molecular flexibility index (Phi) is 5.89. The molecular formula is C21H23FN2O2. The molecular weight excluding hydrogens is 331 g/mol. The van der Waals surface area contributed by atoms with Gasteiger partial charge in [-0.2, -0.15) is 0 Å². The number of carbonyl (C=O) groups excluding carboxylic acids is 1. The van der Waals surface area contributed by atoms with Crippen molar-refractivity contribution in [3.05, 3.63) is 66.0 Å². The van der Waals surface area contributed by atoms with Gasteiger partial charge in [-0.15, -0.1) is 0 Å². The molecule has 1 aliphatic rings. The lowest BCUT2D eigenvalue weighted by Gasteiger charge is -2.18. The Labute approximate surface area is 153 Å². The summed E-state index contributed by atoms with van der Waals surface area (Å²) in [5.74, 6) is 0.792. The zero-order valence-corrected chi connectivity index (χ0v) is 14.8. The molecule has 1 heterocycles. The van der Waals surface area contributed by atoms with Crippen LogP contribution in [-0.4, -0.2) is 32.7 Å². The van der Waals surface area contributed by atoms with E-state index in [1.807, 2.05) is 24.3 Å². The van der Waals surface area contributed by atoms with Gasteiger partial charge in [0.25, 0.3) is 0 Å². The first kappa shape index (κ1) is 18.0. The standard InChI is InChI=1S/C21H23FN2O2/c1-26-20-5-3-2-4-17(20)6-11-21(25)23-14-16-12-13-24(15-16)19-9-7-18(22)8-10-19/h2-11,16H,12-15H2,1H3,(H,23,25)/b11-6+. The summed E-state index contributed by atoms with van der Waals surface area (Å²) in [6, 6.07) is 14.1. The highest BCUT2D eigenvalue weighted by Crippen LogP contribution is 2.23. The van der Waals surface area contributed by atoms with Crippen LogP contribution in [0, 0.1) is 11.7 Å². The predicted octanol–water partition coefficient (Wildman–Crippen LogP) is 3.49. The SMILES string of the molecule is COc1ccccc1/C=C/C(=O)NCC1CCN(c2ccc(F)cc2)C1. The highest BCUT2D eigenvalue weighted by atomic mass is 19.1. The predicted molar refractivity (Wildman–Crippen MR) is 102 cm³/mol. The summed E-state index contributed by atoms with van der Waals surface area (Å²) in [6.07, 6.45) is 4.30. The van der Waals surface area contributed by atoms with Crippen LogP contribution in [0.5, 0.6) is 5.75 Å². The Balaban J connectivity index is 1.48. The van der Waals surface area contributed by atoms with Gasteiger partial charge in [-0.1, -0.05) is 18.2 Å². The maximum atomic E-state index is 13.0. The number of methoxy groups -OCH3 is 1. The van der Waals surface area contributed by atoms with Crippen molar-refractivity contribution in [1.82, 2.24) is 5.32 Å². The highest BCUT2D eigenvalue weighted by Gasteiger charge is 2.22. The molecule has 1 atom stereocenters. The summed E-state index contributed by atoms with van der Waals surface area (Å²) in [4.78, 5) is 14.3. The molecule has 1 aliphatic heterocycles. The van der Waals surface area contributed by atoms with Gasteiger partial charge in [0.1, 0.15) is 11.6 Å². The van der Waals surface area contributed by atoms with E-state index in [4.69, 9.17) is 4.74 Å². The normalized spacial score (nSPS) is 16.8. The molecule has 136 valence electrons. The number of hydrogen-bond donors (Lipinski definition) is 1. The first-order valence-corrected chi connectivity index (χ1v) is 8.75. The van der Waals surface area contributed by atoms with Gasteiger partial charge >= 0.3 is 0 Å². The molecule has 1 N–H and O–H groups in total. The monoisotopic (exact) mass is 354 g/mol. The van der Waals surface area contributed by atoms with Gasteiger partial charge in [0.05, 0.1) is 7.11 Å². The molecule has 0 saturated carbocycles. The lowest BCUT2D eigenvalue weighted by Crippen LogP contribution is -2.29. The molecule has 1 fully saturated rings. The number of para-hydroxylation sites is 1. The molecule has 0 spiro atoms. The number of hydrogen-bond acceptors (Lipinski definition) is 3. The minimum atomic E-state index is -0.224. The second-order valence-electron chi connectivity index (χ2n) is 6.40. The Hall–Kier alpha value is -2.82. The average molecular weight is 354 g/mol. The summed E-state index contributed by atoms with van der Waals surface area (Å²) in [5, 5.41) is 2.96. The van der Waals surface area contributed by atoms with E-state index in [1.165, 1.54) is 18.2 Å². The van der Waals surface area contributed by atoms with Crippen LogP contribution < -0.4 is 15.0 Å². The second-order valence-corrected chi connectivity index (χ2v) is 6.40. The number of nitrogens with one attached hydrogen (secondary N) is 1. The Morgan fingerprint density at radius 3 is 2.81 bits per heavy atom. The van der Waals surface area contributed by atoms with E-state index in [0.717, 1.165) is 36.5 Å². The fraction of sp³-hybridized carbons (Fsp3) is 0.286. The van der Waals surface area contributed by atoms with Crippen molar-refractivity contribution in [3.63, 3.8) is 0 Å². The lowest BCUT2D eigenvalue weighted by molar-refractivity contribution is -0.116. The average Bonchev–Trinajstić information content (AvgIpc) is 3.14. The summed E-state index contributed by atoms with van der Waals surface area (Å²) < 4.78 is 18.3. The fourth-order valence-corrected chi connectivity index (χ4v) is 3.16. The molecule has 0 radical (unpaired) electrons. The zero-order valence-electron chi connectivity index (χ0n) is 14.8. The number of carbonyl (C=O) groups is 1. The van der Waals surface area contributed by atoms with Gasteiger partial charge < -0.3 is 15.0 Å². The summed E-state index contributed by atoms with van der Waals surface area (Å²) in [5.41, 5.74) is 1.89. The van der Waals surface area contributed by atoms with Gasteiger partial charge in [-0.25, -0.2) is 4.39 Å². The number of halogens is 1. The van der Waals surface area contributed by atoms with Crippen molar-refractivity contribution < 1.29 is 13.9 Å². The molecule has 1 amide bonds. The van der Waals surface area contributed by atoms with E-state index in [0.29, 0.717) is 12.5 Å². The largest absolute Gasteiger partial charge is 0.496 e. The molecule has 1 unspecified atom stereocenters. The Morgan fingerprint density at radius 1 is 1.27 bits per heavy atom. The third-order valence-corrected chi connectivity index (χ3v) is 4.60. The maximum absolute atomic E-state index is 13.0. The van der Waals surface area contributed by atoms with Crippen LogP contribution >= 0.6 is 0 Å². The van der Waals surface area contributed by atoms with Gasteiger partial charge in [-0.05, 0) is 48.7 Å². The third kappa shape index (κ3) is 4.63. The zero-order chi connectivity index (χ0) is 18.4. The Bertz CT molecular complexity index is 774. The van der Waals surface area contributed by atoms with Crippen LogP contribution in [0.25, 0.3) is 6.08 Å². The molecule has 0 bridgehead atoms. The number of rotatable bonds is 6. The summed E-state index contributed by atoms with van der Waals surface area (Å²) >= 11 is 0. The molecule has 2 aromatic rings. The van der Waals surface area contributed by atoms with Crippen LogP contribution in [0.4, 0.5) is 10.1 Å². The summed E-state index contributed by atoms with van der Waals surface area (Å²) in [6.45, 7) is 2.41. The first-order chi connectivity index (χ1) is 12.7. The van der Waals surface area contributed by atoms with Crippen molar-refractivity contribution in [1.29, 1.82) is 0 Å². The van der Waals surface area contributed by atoms with E-state index in [9.17, 15) is 9.18 Å². The number of benzene rings is 2. The number of ether oxygens (including phenoxy) is 1. The molecule has 5 heteroatoms. The number of anilines is 1. The van der Waals surface area contributed by atoms with Crippen LogP contribution in [-0.2, 0) is 4.79 Å². The van der Waals surface area contributed by atoms with Gasteiger partial charge in [0.15, 0.2) is 0 Å². The van der Waals surface area contributed by atoms with Gasteiger partial charge in [0, 0.05) is 37.0 Å². The third-order valence-electron chi connectivity index (χ3n) is 4.60. The molecule has 2 aromatic carbocycles. The topological polar surface area (TPSA) is 41.6 Å². The van der Waals surface area contributed by atoms with E-state index in [2.05, 4.69) is 10.2 Å². The minimum absolute atomic E-state index is 0.115. The second kappa shape index (κ2) is 8.52. The van der Waals surface area contributed by atoms with Crippen LogP contribution in [0.3, 0.4) is 0 Å². The number of amides is 1. The van der Waals surface area contributed by atoms with Gasteiger partial charge in [0.2, 0.25) is 5.91 Å². The maximum Gasteiger partial charge on any atom is 0.244 e. The fourth-order valence-electron chi connectivity index (χ4n) is 3.16. The quantitative estimate of drug-likeness (QED) is 0.808.